The van der Waals surface area contributed by atoms with Crippen LogP contribution in [0.4, 0.5) is 13.2 Å². The Hall–Kier alpha value is -1.81. The van der Waals surface area contributed by atoms with Crippen LogP contribution in [0.15, 0.2) is 42.5 Å². The summed E-state index contributed by atoms with van der Waals surface area (Å²) >= 11 is 0. The van der Waals surface area contributed by atoms with Gasteiger partial charge in [-0.3, -0.25) is 0 Å². The van der Waals surface area contributed by atoms with Crippen LogP contribution < -0.4 is 5.32 Å². The van der Waals surface area contributed by atoms with E-state index in [-0.39, 0.29) is 5.56 Å². The van der Waals surface area contributed by atoms with E-state index in [0.717, 1.165) is 31.1 Å². The molecule has 0 radical (unpaired) electrons. The van der Waals surface area contributed by atoms with E-state index in [1.54, 1.807) is 12.1 Å². The lowest BCUT2D eigenvalue weighted by atomic mass is 9.90. The summed E-state index contributed by atoms with van der Waals surface area (Å²) in [6.45, 7) is 3.91. The van der Waals surface area contributed by atoms with E-state index in [4.69, 9.17) is 0 Å². The molecule has 0 bridgehead atoms. The van der Waals surface area contributed by atoms with Crippen molar-refractivity contribution in [2.75, 3.05) is 13.1 Å². The third-order valence-corrected chi connectivity index (χ3v) is 4.24. The summed E-state index contributed by atoms with van der Waals surface area (Å²) in [7, 11) is 0. The van der Waals surface area contributed by atoms with E-state index in [1.165, 1.54) is 11.6 Å². The molecule has 3 rings (SSSR count). The van der Waals surface area contributed by atoms with Gasteiger partial charge in [0.1, 0.15) is 0 Å². The van der Waals surface area contributed by atoms with Crippen LogP contribution >= 0.6 is 0 Å². The molecular formula is C18H18F3N. The van der Waals surface area contributed by atoms with Gasteiger partial charge < -0.3 is 5.32 Å². The van der Waals surface area contributed by atoms with Crippen molar-refractivity contribution in [1.82, 2.24) is 5.32 Å². The van der Waals surface area contributed by atoms with Crippen LogP contribution in [0, 0.1) is 0 Å². The second-order valence-corrected chi connectivity index (χ2v) is 5.81. The summed E-state index contributed by atoms with van der Waals surface area (Å²) in [5.41, 5.74) is 2.70. The second kappa shape index (κ2) is 5.76. The number of hydrogen-bond donors (Lipinski definition) is 1. The summed E-state index contributed by atoms with van der Waals surface area (Å²) in [5, 5.41) is 3.36. The number of rotatable bonds is 1. The zero-order chi connectivity index (χ0) is 15.7. The SMILES string of the molecule is C[C@H]1CNCCc2cc(-c3ccccc3C(F)(F)F)ccc21. The fourth-order valence-corrected chi connectivity index (χ4v) is 3.10. The van der Waals surface area contributed by atoms with Gasteiger partial charge in [0.05, 0.1) is 5.56 Å². The van der Waals surface area contributed by atoms with Gasteiger partial charge in [-0.2, -0.15) is 13.2 Å². The topological polar surface area (TPSA) is 12.0 Å². The molecular weight excluding hydrogens is 287 g/mol. The molecule has 1 aliphatic heterocycles. The Morgan fingerprint density at radius 2 is 1.86 bits per heavy atom. The zero-order valence-corrected chi connectivity index (χ0v) is 12.4. The first-order valence-corrected chi connectivity index (χ1v) is 7.47. The number of nitrogens with one attached hydrogen (secondary N) is 1. The van der Waals surface area contributed by atoms with Crippen molar-refractivity contribution in [2.45, 2.75) is 25.4 Å². The first-order valence-electron chi connectivity index (χ1n) is 7.47. The Morgan fingerprint density at radius 1 is 1.09 bits per heavy atom. The molecule has 0 amide bonds. The Morgan fingerprint density at radius 3 is 2.64 bits per heavy atom. The minimum absolute atomic E-state index is 0.252. The molecule has 0 fully saturated rings. The van der Waals surface area contributed by atoms with Crippen molar-refractivity contribution in [3.05, 3.63) is 59.2 Å². The van der Waals surface area contributed by atoms with Crippen molar-refractivity contribution in [3.63, 3.8) is 0 Å². The van der Waals surface area contributed by atoms with Gasteiger partial charge in [0, 0.05) is 6.54 Å². The van der Waals surface area contributed by atoms with Crippen molar-refractivity contribution in [2.24, 2.45) is 0 Å². The summed E-state index contributed by atoms with van der Waals surface area (Å²) in [4.78, 5) is 0. The number of alkyl halides is 3. The van der Waals surface area contributed by atoms with Crippen molar-refractivity contribution >= 4 is 0 Å². The Bertz CT molecular complexity index is 676. The molecule has 1 N–H and O–H groups in total. The molecule has 0 aromatic heterocycles. The first-order chi connectivity index (χ1) is 10.5. The highest BCUT2D eigenvalue weighted by Gasteiger charge is 2.33. The molecule has 1 heterocycles. The van der Waals surface area contributed by atoms with E-state index in [9.17, 15) is 13.2 Å². The van der Waals surface area contributed by atoms with Gasteiger partial charge in [-0.05, 0) is 47.2 Å². The Labute approximate surface area is 128 Å². The number of halogens is 3. The van der Waals surface area contributed by atoms with Gasteiger partial charge in [-0.1, -0.05) is 43.3 Å². The molecule has 1 atom stereocenters. The van der Waals surface area contributed by atoms with Crippen molar-refractivity contribution < 1.29 is 13.2 Å². The highest BCUT2D eigenvalue weighted by atomic mass is 19.4. The summed E-state index contributed by atoms with van der Waals surface area (Å²) in [5.74, 6) is 0.379. The molecule has 0 aliphatic carbocycles. The van der Waals surface area contributed by atoms with Crippen LogP contribution in [0.1, 0.15) is 29.5 Å². The maximum atomic E-state index is 13.2. The van der Waals surface area contributed by atoms with Gasteiger partial charge in [-0.25, -0.2) is 0 Å². The van der Waals surface area contributed by atoms with Crippen molar-refractivity contribution in [1.29, 1.82) is 0 Å². The number of benzene rings is 2. The van der Waals surface area contributed by atoms with Gasteiger partial charge >= 0.3 is 6.18 Å². The minimum Gasteiger partial charge on any atom is -0.316 e. The molecule has 0 spiro atoms. The molecule has 1 aliphatic rings. The monoisotopic (exact) mass is 305 g/mol. The minimum atomic E-state index is -4.34. The maximum absolute atomic E-state index is 13.2. The average Bonchev–Trinajstić information content (AvgIpc) is 2.68. The van der Waals surface area contributed by atoms with Crippen LogP contribution in [0.3, 0.4) is 0 Å². The lowest BCUT2D eigenvalue weighted by Gasteiger charge is -2.16. The fraction of sp³-hybridized carbons (Fsp3) is 0.333. The van der Waals surface area contributed by atoms with E-state index < -0.39 is 11.7 Å². The molecule has 2 aromatic carbocycles. The van der Waals surface area contributed by atoms with Crippen LogP contribution in [0.5, 0.6) is 0 Å². The standard InChI is InChI=1S/C18H18F3N/c1-12-11-22-9-8-14-10-13(6-7-15(12)14)16-4-2-3-5-17(16)18(19,20)21/h2-7,10,12,22H,8-9,11H2,1H3/t12-/m0/s1. The molecule has 2 aromatic rings. The predicted molar refractivity (Wildman–Crippen MR) is 81.9 cm³/mol. The lowest BCUT2D eigenvalue weighted by Crippen LogP contribution is -2.18. The highest BCUT2D eigenvalue weighted by molar-refractivity contribution is 5.69. The number of fused-ring (bicyclic) bond motifs is 1. The second-order valence-electron chi connectivity index (χ2n) is 5.81. The number of hydrogen-bond acceptors (Lipinski definition) is 1. The largest absolute Gasteiger partial charge is 0.417 e. The first kappa shape index (κ1) is 15.1. The molecule has 0 saturated carbocycles. The molecule has 0 saturated heterocycles. The fourth-order valence-electron chi connectivity index (χ4n) is 3.10. The van der Waals surface area contributed by atoms with Gasteiger partial charge in [0.25, 0.3) is 0 Å². The van der Waals surface area contributed by atoms with E-state index in [2.05, 4.69) is 12.2 Å². The van der Waals surface area contributed by atoms with Gasteiger partial charge in [0.15, 0.2) is 0 Å². The van der Waals surface area contributed by atoms with Crippen molar-refractivity contribution in [3.8, 4) is 11.1 Å². The normalized spacial score (nSPS) is 18.6. The van der Waals surface area contributed by atoms with Gasteiger partial charge in [0.2, 0.25) is 0 Å². The molecule has 116 valence electrons. The smallest absolute Gasteiger partial charge is 0.316 e. The molecule has 22 heavy (non-hydrogen) atoms. The quantitative estimate of drug-likeness (QED) is 0.810. The third kappa shape index (κ3) is 2.88. The van der Waals surface area contributed by atoms with Crippen LogP contribution in [0.2, 0.25) is 0 Å². The third-order valence-electron chi connectivity index (χ3n) is 4.24. The molecule has 1 nitrogen and oxygen atoms in total. The lowest BCUT2D eigenvalue weighted by molar-refractivity contribution is -0.137. The van der Waals surface area contributed by atoms with Gasteiger partial charge in [-0.15, -0.1) is 0 Å². The average molecular weight is 305 g/mol. The van der Waals surface area contributed by atoms with Crippen LogP contribution in [-0.2, 0) is 12.6 Å². The highest BCUT2D eigenvalue weighted by Crippen LogP contribution is 2.38. The van der Waals surface area contributed by atoms with Crippen LogP contribution in [0.25, 0.3) is 11.1 Å². The Kier molecular flexibility index (Phi) is 3.96. The van der Waals surface area contributed by atoms with E-state index in [1.807, 2.05) is 18.2 Å². The van der Waals surface area contributed by atoms with Crippen LogP contribution in [-0.4, -0.2) is 13.1 Å². The van der Waals surface area contributed by atoms with E-state index >= 15 is 0 Å². The summed E-state index contributed by atoms with van der Waals surface area (Å²) < 4.78 is 39.6. The summed E-state index contributed by atoms with van der Waals surface area (Å²) in [6, 6.07) is 11.5. The zero-order valence-electron chi connectivity index (χ0n) is 12.4. The molecule has 4 heteroatoms. The molecule has 0 unspecified atom stereocenters. The maximum Gasteiger partial charge on any atom is 0.417 e. The Balaban J connectivity index is 2.09. The predicted octanol–water partition coefficient (Wildman–Crippen LogP) is 4.62. The van der Waals surface area contributed by atoms with E-state index in [0.29, 0.717) is 11.5 Å². The summed E-state index contributed by atoms with van der Waals surface area (Å²) in [6.07, 6.45) is -3.49.